The van der Waals surface area contributed by atoms with Crippen LogP contribution in [0.1, 0.15) is 17.7 Å². The van der Waals surface area contributed by atoms with Crippen molar-refractivity contribution in [1.29, 1.82) is 0 Å². The van der Waals surface area contributed by atoms with Crippen LogP contribution in [0.5, 0.6) is 17.4 Å². The molecule has 0 aliphatic carbocycles. The van der Waals surface area contributed by atoms with Gasteiger partial charge in [-0.2, -0.15) is 0 Å². The zero-order chi connectivity index (χ0) is 23.7. The van der Waals surface area contributed by atoms with Crippen molar-refractivity contribution in [2.45, 2.75) is 31.0 Å². The summed E-state index contributed by atoms with van der Waals surface area (Å²) < 4.78 is 46.6. The number of nitrogens with zero attached hydrogens (tertiary/aromatic N) is 4. The summed E-state index contributed by atoms with van der Waals surface area (Å²) in [5, 5.41) is 0. The minimum absolute atomic E-state index is 0.181. The standard InChI is InChI=1S/C24H27F2N5O3/c1-32-22-3-2-18-23(30-22)16(17(25)12-29-18)4-6-31-7-5-24(26,14-31)21(27)11-15-10-19-20(13-28-15)34-9-8-33-19/h2-3,10,12-13,21H,4-9,11,14,27H2,1H3. The van der Waals surface area contributed by atoms with Gasteiger partial charge in [-0.3, -0.25) is 14.9 Å². The zero-order valence-electron chi connectivity index (χ0n) is 19.0. The van der Waals surface area contributed by atoms with E-state index < -0.39 is 17.5 Å². The van der Waals surface area contributed by atoms with Crippen molar-refractivity contribution in [1.82, 2.24) is 19.9 Å². The summed E-state index contributed by atoms with van der Waals surface area (Å²) >= 11 is 0. The van der Waals surface area contributed by atoms with Crippen LogP contribution in [0.4, 0.5) is 8.78 Å². The molecule has 0 radical (unpaired) electrons. The van der Waals surface area contributed by atoms with Crippen molar-refractivity contribution >= 4 is 11.0 Å². The SMILES string of the molecule is COc1ccc2ncc(F)c(CCN3CCC(F)(C(N)Cc4cc5c(cn4)OCCO5)C3)c2n1. The Bertz CT molecular complexity index is 1200. The maximum atomic E-state index is 15.8. The maximum Gasteiger partial charge on any atom is 0.213 e. The van der Waals surface area contributed by atoms with E-state index in [-0.39, 0.29) is 13.0 Å². The van der Waals surface area contributed by atoms with E-state index in [1.807, 2.05) is 4.90 Å². The number of fused-ring (bicyclic) bond motifs is 2. The molecule has 1 saturated heterocycles. The molecule has 34 heavy (non-hydrogen) atoms. The second-order valence-electron chi connectivity index (χ2n) is 8.75. The monoisotopic (exact) mass is 471 g/mol. The highest BCUT2D eigenvalue weighted by atomic mass is 19.1. The lowest BCUT2D eigenvalue weighted by Gasteiger charge is -2.28. The van der Waals surface area contributed by atoms with Gasteiger partial charge in [-0.1, -0.05) is 0 Å². The van der Waals surface area contributed by atoms with E-state index in [2.05, 4.69) is 15.0 Å². The van der Waals surface area contributed by atoms with Gasteiger partial charge in [0, 0.05) is 55.5 Å². The fourth-order valence-electron chi connectivity index (χ4n) is 4.58. The van der Waals surface area contributed by atoms with Crippen LogP contribution < -0.4 is 19.9 Å². The first kappa shape index (κ1) is 22.7. The van der Waals surface area contributed by atoms with E-state index in [1.54, 1.807) is 24.4 Å². The Hall–Kier alpha value is -3.11. The smallest absolute Gasteiger partial charge is 0.213 e. The van der Waals surface area contributed by atoms with Crippen molar-refractivity contribution in [3.63, 3.8) is 0 Å². The summed E-state index contributed by atoms with van der Waals surface area (Å²) in [6.45, 7) is 2.16. The molecule has 1 fully saturated rings. The molecule has 2 unspecified atom stereocenters. The fourth-order valence-corrected chi connectivity index (χ4v) is 4.58. The molecule has 5 heterocycles. The average molecular weight is 472 g/mol. The lowest BCUT2D eigenvalue weighted by molar-refractivity contribution is 0.129. The van der Waals surface area contributed by atoms with Crippen molar-refractivity contribution in [3.05, 3.63) is 47.7 Å². The number of alkyl halides is 1. The summed E-state index contributed by atoms with van der Waals surface area (Å²) in [6, 6.07) is 4.48. The van der Waals surface area contributed by atoms with Crippen LogP contribution in [0.15, 0.2) is 30.6 Å². The van der Waals surface area contributed by atoms with E-state index in [9.17, 15) is 4.39 Å². The Morgan fingerprint density at radius 3 is 2.85 bits per heavy atom. The largest absolute Gasteiger partial charge is 0.486 e. The summed E-state index contributed by atoms with van der Waals surface area (Å²) in [7, 11) is 1.51. The Morgan fingerprint density at radius 1 is 1.21 bits per heavy atom. The molecule has 8 nitrogen and oxygen atoms in total. The average Bonchev–Trinajstić information content (AvgIpc) is 3.25. The number of likely N-dealkylation sites (tertiary alicyclic amines) is 1. The Balaban J connectivity index is 1.24. The van der Waals surface area contributed by atoms with Crippen LogP contribution in [0.25, 0.3) is 11.0 Å². The third kappa shape index (κ3) is 4.47. The molecule has 2 atom stereocenters. The van der Waals surface area contributed by atoms with Gasteiger partial charge in [-0.05, 0) is 18.9 Å². The second kappa shape index (κ2) is 9.27. The molecular weight excluding hydrogens is 444 g/mol. The first-order chi connectivity index (χ1) is 16.4. The summed E-state index contributed by atoms with van der Waals surface area (Å²) in [5.74, 6) is 1.17. The Morgan fingerprint density at radius 2 is 2.03 bits per heavy atom. The molecule has 2 aliphatic heterocycles. The number of nitrogens with two attached hydrogens (primary N) is 1. The number of aromatic nitrogens is 3. The minimum atomic E-state index is -1.56. The van der Waals surface area contributed by atoms with E-state index >= 15 is 4.39 Å². The van der Waals surface area contributed by atoms with Gasteiger partial charge in [0.2, 0.25) is 5.88 Å². The molecule has 0 spiro atoms. The van der Waals surface area contributed by atoms with E-state index in [0.29, 0.717) is 78.8 Å². The summed E-state index contributed by atoms with van der Waals surface area (Å²) in [4.78, 5) is 14.8. The first-order valence-corrected chi connectivity index (χ1v) is 11.3. The molecule has 0 aromatic carbocycles. The summed E-state index contributed by atoms with van der Waals surface area (Å²) in [5.41, 5.74) is 6.92. The fraction of sp³-hybridized carbons (Fsp3) is 0.458. The van der Waals surface area contributed by atoms with Gasteiger partial charge < -0.3 is 19.9 Å². The van der Waals surface area contributed by atoms with Crippen molar-refractivity contribution < 1.29 is 23.0 Å². The van der Waals surface area contributed by atoms with E-state index in [1.165, 1.54) is 13.3 Å². The number of halogens is 2. The van der Waals surface area contributed by atoms with Crippen LogP contribution in [0, 0.1) is 5.82 Å². The van der Waals surface area contributed by atoms with Gasteiger partial charge in [0.05, 0.1) is 30.5 Å². The Kier molecular flexibility index (Phi) is 6.18. The van der Waals surface area contributed by atoms with E-state index in [4.69, 9.17) is 19.9 Å². The molecule has 0 bridgehead atoms. The molecule has 0 amide bonds. The number of rotatable bonds is 7. The minimum Gasteiger partial charge on any atom is -0.486 e. The normalized spacial score (nSPS) is 21.1. The van der Waals surface area contributed by atoms with E-state index in [0.717, 1.165) is 0 Å². The van der Waals surface area contributed by atoms with Crippen LogP contribution in [0.2, 0.25) is 0 Å². The molecule has 180 valence electrons. The van der Waals surface area contributed by atoms with Crippen molar-refractivity contribution in [2.24, 2.45) is 5.73 Å². The molecule has 10 heteroatoms. The van der Waals surface area contributed by atoms with Gasteiger partial charge >= 0.3 is 0 Å². The number of hydrogen-bond donors (Lipinski definition) is 1. The number of pyridine rings is 3. The highest BCUT2D eigenvalue weighted by Gasteiger charge is 2.43. The predicted molar refractivity (Wildman–Crippen MR) is 122 cm³/mol. The van der Waals surface area contributed by atoms with Gasteiger partial charge in [0.25, 0.3) is 0 Å². The van der Waals surface area contributed by atoms with Gasteiger partial charge in [-0.15, -0.1) is 0 Å². The number of ether oxygens (including phenoxy) is 3. The lowest BCUT2D eigenvalue weighted by Crippen LogP contribution is -2.48. The third-order valence-electron chi connectivity index (χ3n) is 6.54. The molecule has 2 N–H and O–H groups in total. The van der Waals surface area contributed by atoms with Crippen molar-refractivity contribution in [2.75, 3.05) is 40.0 Å². The molecule has 2 aliphatic rings. The quantitative estimate of drug-likeness (QED) is 0.562. The molecular formula is C24H27F2N5O3. The maximum absolute atomic E-state index is 15.8. The number of hydrogen-bond acceptors (Lipinski definition) is 8. The Labute approximate surface area is 196 Å². The van der Waals surface area contributed by atoms with Gasteiger partial charge in [0.15, 0.2) is 11.5 Å². The highest BCUT2D eigenvalue weighted by Crippen LogP contribution is 2.33. The summed E-state index contributed by atoms with van der Waals surface area (Å²) in [6.07, 6.45) is 3.77. The molecule has 3 aromatic rings. The zero-order valence-corrected chi connectivity index (χ0v) is 19.0. The molecule has 5 rings (SSSR count). The van der Waals surface area contributed by atoms with Crippen LogP contribution in [0.3, 0.4) is 0 Å². The molecule has 0 saturated carbocycles. The first-order valence-electron chi connectivity index (χ1n) is 11.3. The predicted octanol–water partition coefficient (Wildman–Crippen LogP) is 2.47. The van der Waals surface area contributed by atoms with Crippen LogP contribution in [-0.4, -0.2) is 71.5 Å². The van der Waals surface area contributed by atoms with Gasteiger partial charge in [-0.25, -0.2) is 13.8 Å². The lowest BCUT2D eigenvalue weighted by atomic mass is 9.92. The highest BCUT2D eigenvalue weighted by molar-refractivity contribution is 5.78. The topological polar surface area (TPSA) is 95.6 Å². The molecule has 3 aromatic heterocycles. The van der Waals surface area contributed by atoms with Crippen LogP contribution in [-0.2, 0) is 12.8 Å². The van der Waals surface area contributed by atoms with Gasteiger partial charge in [0.1, 0.15) is 24.7 Å². The number of methoxy groups -OCH3 is 1. The van der Waals surface area contributed by atoms with Crippen molar-refractivity contribution in [3.8, 4) is 17.4 Å². The second-order valence-corrected chi connectivity index (χ2v) is 8.75. The third-order valence-corrected chi connectivity index (χ3v) is 6.54. The van der Waals surface area contributed by atoms with Crippen LogP contribution >= 0.6 is 0 Å².